The van der Waals surface area contributed by atoms with Gasteiger partial charge < -0.3 is 14.8 Å². The molecule has 4 nitrogen and oxygen atoms in total. The predicted molar refractivity (Wildman–Crippen MR) is 56.7 cm³/mol. The minimum atomic E-state index is -0.424. The smallest absolute Gasteiger partial charge is 0.287 e. The van der Waals surface area contributed by atoms with Gasteiger partial charge in [-0.2, -0.15) is 0 Å². The van der Waals surface area contributed by atoms with Crippen molar-refractivity contribution in [3.8, 4) is 0 Å². The maximum Gasteiger partial charge on any atom is 0.287 e. The Balaban J connectivity index is 2.63. The van der Waals surface area contributed by atoms with Gasteiger partial charge in [0.1, 0.15) is 5.76 Å². The van der Waals surface area contributed by atoms with Crippen molar-refractivity contribution in [2.24, 2.45) is 0 Å². The SMILES string of the molecule is Cc1ccc(C(=O)NC(C)(C)CCO)o1. The quantitative estimate of drug-likeness (QED) is 0.793. The Bertz CT molecular complexity index is 341. The Labute approximate surface area is 89.3 Å². The topological polar surface area (TPSA) is 62.5 Å². The lowest BCUT2D eigenvalue weighted by atomic mass is 10.0. The molecular weight excluding hydrogens is 194 g/mol. The van der Waals surface area contributed by atoms with Crippen LogP contribution in [-0.2, 0) is 0 Å². The third-order valence-corrected chi connectivity index (χ3v) is 2.15. The number of aryl methyl sites for hydroxylation is 1. The summed E-state index contributed by atoms with van der Waals surface area (Å²) in [5.41, 5.74) is -0.424. The zero-order valence-electron chi connectivity index (χ0n) is 9.33. The molecule has 0 radical (unpaired) electrons. The maximum absolute atomic E-state index is 11.7. The van der Waals surface area contributed by atoms with Crippen LogP contribution in [0.5, 0.6) is 0 Å². The summed E-state index contributed by atoms with van der Waals surface area (Å²) in [6, 6.07) is 3.38. The summed E-state index contributed by atoms with van der Waals surface area (Å²) in [5, 5.41) is 11.6. The molecule has 0 aliphatic heterocycles. The van der Waals surface area contributed by atoms with E-state index in [-0.39, 0.29) is 12.5 Å². The van der Waals surface area contributed by atoms with Crippen molar-refractivity contribution in [3.63, 3.8) is 0 Å². The first kappa shape index (κ1) is 11.8. The van der Waals surface area contributed by atoms with Crippen molar-refractivity contribution in [3.05, 3.63) is 23.7 Å². The molecule has 84 valence electrons. The maximum atomic E-state index is 11.7. The highest BCUT2D eigenvalue weighted by molar-refractivity contribution is 5.91. The first-order chi connectivity index (χ1) is 6.94. The van der Waals surface area contributed by atoms with Crippen LogP contribution in [0.2, 0.25) is 0 Å². The van der Waals surface area contributed by atoms with Gasteiger partial charge in [-0.15, -0.1) is 0 Å². The number of amides is 1. The van der Waals surface area contributed by atoms with Gasteiger partial charge in [0.25, 0.3) is 5.91 Å². The van der Waals surface area contributed by atoms with Gasteiger partial charge in [-0.3, -0.25) is 4.79 Å². The molecule has 0 fully saturated rings. The molecular formula is C11H17NO3. The fourth-order valence-electron chi connectivity index (χ4n) is 1.27. The zero-order chi connectivity index (χ0) is 11.5. The minimum Gasteiger partial charge on any atom is -0.456 e. The fourth-order valence-corrected chi connectivity index (χ4v) is 1.27. The van der Waals surface area contributed by atoms with Crippen molar-refractivity contribution in [1.29, 1.82) is 0 Å². The summed E-state index contributed by atoms with van der Waals surface area (Å²) in [5.74, 6) is 0.764. The van der Waals surface area contributed by atoms with E-state index in [9.17, 15) is 4.79 Å². The third kappa shape index (κ3) is 3.40. The average molecular weight is 211 g/mol. The van der Waals surface area contributed by atoms with E-state index >= 15 is 0 Å². The fraction of sp³-hybridized carbons (Fsp3) is 0.545. The number of furan rings is 1. The number of rotatable bonds is 4. The van der Waals surface area contributed by atoms with E-state index in [2.05, 4.69) is 5.32 Å². The van der Waals surface area contributed by atoms with Gasteiger partial charge in [-0.25, -0.2) is 0 Å². The number of carbonyl (C=O) groups excluding carboxylic acids is 1. The van der Waals surface area contributed by atoms with Gasteiger partial charge in [0.2, 0.25) is 0 Å². The van der Waals surface area contributed by atoms with Gasteiger partial charge in [0.05, 0.1) is 0 Å². The second kappa shape index (κ2) is 4.49. The van der Waals surface area contributed by atoms with E-state index in [4.69, 9.17) is 9.52 Å². The van der Waals surface area contributed by atoms with Crippen LogP contribution >= 0.6 is 0 Å². The Morgan fingerprint density at radius 2 is 2.20 bits per heavy atom. The van der Waals surface area contributed by atoms with Crippen LogP contribution in [0.1, 0.15) is 36.6 Å². The monoisotopic (exact) mass is 211 g/mol. The highest BCUT2D eigenvalue weighted by atomic mass is 16.3. The first-order valence-corrected chi connectivity index (χ1v) is 4.94. The van der Waals surface area contributed by atoms with Crippen LogP contribution in [-0.4, -0.2) is 23.2 Å². The summed E-state index contributed by atoms with van der Waals surface area (Å²) < 4.78 is 5.19. The standard InChI is InChI=1S/C11H17NO3/c1-8-4-5-9(15-8)10(14)12-11(2,3)6-7-13/h4-5,13H,6-7H2,1-3H3,(H,12,14). The second-order valence-electron chi connectivity index (χ2n) is 4.22. The molecule has 2 N–H and O–H groups in total. The number of hydrogen-bond donors (Lipinski definition) is 2. The van der Waals surface area contributed by atoms with E-state index in [0.717, 1.165) is 0 Å². The molecule has 1 rings (SSSR count). The van der Waals surface area contributed by atoms with Gasteiger partial charge in [-0.1, -0.05) is 0 Å². The number of nitrogens with one attached hydrogen (secondary N) is 1. The van der Waals surface area contributed by atoms with Crippen molar-refractivity contribution >= 4 is 5.91 Å². The summed E-state index contributed by atoms with van der Waals surface area (Å²) in [4.78, 5) is 11.7. The molecule has 0 aliphatic carbocycles. The molecule has 0 saturated heterocycles. The molecule has 1 aromatic rings. The molecule has 1 aromatic heterocycles. The predicted octanol–water partition coefficient (Wildman–Crippen LogP) is 1.48. The number of aliphatic hydroxyl groups excluding tert-OH is 1. The van der Waals surface area contributed by atoms with Crippen molar-refractivity contribution in [2.75, 3.05) is 6.61 Å². The van der Waals surface area contributed by atoms with Crippen molar-refractivity contribution in [1.82, 2.24) is 5.32 Å². The molecule has 0 atom stereocenters. The second-order valence-corrected chi connectivity index (χ2v) is 4.22. The Kier molecular flexibility index (Phi) is 3.52. The van der Waals surface area contributed by atoms with Crippen LogP contribution in [0.4, 0.5) is 0 Å². The highest BCUT2D eigenvalue weighted by Crippen LogP contribution is 2.11. The van der Waals surface area contributed by atoms with Crippen molar-refractivity contribution in [2.45, 2.75) is 32.7 Å². The van der Waals surface area contributed by atoms with E-state index < -0.39 is 5.54 Å². The summed E-state index contributed by atoms with van der Waals surface area (Å²) >= 11 is 0. The molecule has 0 aromatic carbocycles. The largest absolute Gasteiger partial charge is 0.456 e. The van der Waals surface area contributed by atoms with Gasteiger partial charge in [-0.05, 0) is 39.3 Å². The number of carbonyl (C=O) groups is 1. The van der Waals surface area contributed by atoms with Crippen LogP contribution in [0.15, 0.2) is 16.5 Å². The van der Waals surface area contributed by atoms with E-state index in [0.29, 0.717) is 17.9 Å². The lowest BCUT2D eigenvalue weighted by Gasteiger charge is -2.24. The number of aliphatic hydroxyl groups is 1. The van der Waals surface area contributed by atoms with Gasteiger partial charge in [0.15, 0.2) is 5.76 Å². The van der Waals surface area contributed by atoms with E-state index in [1.807, 2.05) is 13.8 Å². The molecule has 0 unspecified atom stereocenters. The van der Waals surface area contributed by atoms with Crippen molar-refractivity contribution < 1.29 is 14.3 Å². The van der Waals surface area contributed by atoms with Crippen LogP contribution in [0.25, 0.3) is 0 Å². The summed E-state index contributed by atoms with van der Waals surface area (Å²) in [6.45, 7) is 5.55. The normalized spacial score (nSPS) is 11.5. The molecule has 4 heteroatoms. The van der Waals surface area contributed by atoms with Crippen LogP contribution in [0, 0.1) is 6.92 Å². The van der Waals surface area contributed by atoms with Crippen LogP contribution in [0.3, 0.4) is 0 Å². The van der Waals surface area contributed by atoms with Gasteiger partial charge >= 0.3 is 0 Å². The summed E-state index contributed by atoms with van der Waals surface area (Å²) in [6.07, 6.45) is 0.512. The third-order valence-electron chi connectivity index (χ3n) is 2.15. The minimum absolute atomic E-state index is 0.0461. The number of hydrogen-bond acceptors (Lipinski definition) is 3. The van der Waals surface area contributed by atoms with E-state index in [1.54, 1.807) is 19.1 Å². The summed E-state index contributed by atoms with van der Waals surface area (Å²) in [7, 11) is 0. The zero-order valence-corrected chi connectivity index (χ0v) is 9.33. The Hall–Kier alpha value is -1.29. The average Bonchev–Trinajstić information content (AvgIpc) is 2.50. The Morgan fingerprint density at radius 1 is 1.53 bits per heavy atom. The lowest BCUT2D eigenvalue weighted by Crippen LogP contribution is -2.43. The highest BCUT2D eigenvalue weighted by Gasteiger charge is 2.21. The van der Waals surface area contributed by atoms with Crippen LogP contribution < -0.4 is 5.32 Å². The molecule has 0 saturated carbocycles. The first-order valence-electron chi connectivity index (χ1n) is 4.94. The molecule has 0 bridgehead atoms. The lowest BCUT2D eigenvalue weighted by molar-refractivity contribution is 0.0869. The van der Waals surface area contributed by atoms with E-state index in [1.165, 1.54) is 0 Å². The molecule has 0 aliphatic rings. The molecule has 1 amide bonds. The molecule has 0 spiro atoms. The van der Waals surface area contributed by atoms with Gasteiger partial charge in [0, 0.05) is 12.1 Å². The molecule has 1 heterocycles. The Morgan fingerprint density at radius 3 is 2.67 bits per heavy atom. The molecule has 15 heavy (non-hydrogen) atoms.